The molecule has 1 heterocycles. The van der Waals surface area contributed by atoms with Crippen molar-refractivity contribution in [3.8, 4) is 0 Å². The van der Waals surface area contributed by atoms with E-state index in [4.69, 9.17) is 5.73 Å². The molecular weight excluding hydrogens is 311 g/mol. The SMILES string of the molecule is Nc1sc2ccccc2c1C(=O)c1cccc(C(F)(F)F)c1. The molecule has 2 N–H and O–H groups in total. The highest BCUT2D eigenvalue weighted by molar-refractivity contribution is 7.23. The first-order valence-electron chi connectivity index (χ1n) is 6.37. The number of fused-ring (bicyclic) bond motifs is 1. The average Bonchev–Trinajstić information content (AvgIpc) is 2.81. The Labute approximate surface area is 128 Å². The van der Waals surface area contributed by atoms with E-state index in [2.05, 4.69) is 0 Å². The Morgan fingerprint density at radius 1 is 1.05 bits per heavy atom. The maximum absolute atomic E-state index is 12.8. The van der Waals surface area contributed by atoms with Crippen LogP contribution < -0.4 is 5.73 Å². The molecule has 0 radical (unpaired) electrons. The molecule has 6 heteroatoms. The van der Waals surface area contributed by atoms with Gasteiger partial charge in [-0.25, -0.2) is 0 Å². The second kappa shape index (κ2) is 5.14. The van der Waals surface area contributed by atoms with Gasteiger partial charge in [0.1, 0.15) is 0 Å². The third kappa shape index (κ3) is 2.46. The minimum absolute atomic E-state index is 0.0231. The van der Waals surface area contributed by atoms with Crippen molar-refractivity contribution in [2.45, 2.75) is 6.18 Å². The molecule has 0 aliphatic carbocycles. The molecule has 0 atom stereocenters. The van der Waals surface area contributed by atoms with Gasteiger partial charge in [-0.2, -0.15) is 13.2 Å². The molecule has 0 aliphatic heterocycles. The highest BCUT2D eigenvalue weighted by atomic mass is 32.1. The van der Waals surface area contributed by atoms with Gasteiger partial charge in [0.2, 0.25) is 0 Å². The van der Waals surface area contributed by atoms with E-state index in [0.717, 1.165) is 16.8 Å². The Bertz CT molecular complexity index is 867. The molecule has 112 valence electrons. The highest BCUT2D eigenvalue weighted by Gasteiger charge is 2.31. The summed E-state index contributed by atoms with van der Waals surface area (Å²) in [6, 6.07) is 11.5. The predicted octanol–water partition coefficient (Wildman–Crippen LogP) is 4.73. The van der Waals surface area contributed by atoms with Gasteiger partial charge in [-0.05, 0) is 18.2 Å². The number of hydrogen-bond donors (Lipinski definition) is 1. The first-order valence-corrected chi connectivity index (χ1v) is 7.18. The highest BCUT2D eigenvalue weighted by Crippen LogP contribution is 2.36. The van der Waals surface area contributed by atoms with Crippen LogP contribution in [-0.2, 0) is 6.18 Å². The first kappa shape index (κ1) is 14.6. The van der Waals surface area contributed by atoms with Gasteiger partial charge in [0.05, 0.1) is 16.1 Å². The van der Waals surface area contributed by atoms with Crippen LogP contribution in [0.15, 0.2) is 48.5 Å². The number of nitrogens with two attached hydrogens (primary N) is 1. The van der Waals surface area contributed by atoms with Crippen molar-refractivity contribution < 1.29 is 18.0 Å². The number of halogens is 3. The fourth-order valence-electron chi connectivity index (χ4n) is 2.28. The lowest BCUT2D eigenvalue weighted by Gasteiger charge is -2.08. The molecule has 0 fully saturated rings. The summed E-state index contributed by atoms with van der Waals surface area (Å²) in [6.45, 7) is 0. The van der Waals surface area contributed by atoms with E-state index in [0.29, 0.717) is 10.4 Å². The van der Waals surface area contributed by atoms with Crippen LogP contribution in [0.4, 0.5) is 18.2 Å². The molecule has 0 saturated heterocycles. The number of rotatable bonds is 2. The lowest BCUT2D eigenvalue weighted by atomic mass is 10.00. The van der Waals surface area contributed by atoms with Crippen LogP contribution in [0.3, 0.4) is 0 Å². The van der Waals surface area contributed by atoms with E-state index in [1.165, 1.54) is 23.5 Å². The minimum atomic E-state index is -4.49. The van der Waals surface area contributed by atoms with Gasteiger partial charge in [0.15, 0.2) is 5.78 Å². The summed E-state index contributed by atoms with van der Waals surface area (Å²) in [5.74, 6) is -0.499. The van der Waals surface area contributed by atoms with Crippen molar-refractivity contribution in [3.05, 3.63) is 65.2 Å². The molecular formula is C16H10F3NOS. The molecule has 22 heavy (non-hydrogen) atoms. The number of nitrogen functional groups attached to an aromatic ring is 1. The number of carbonyl (C=O) groups is 1. The quantitative estimate of drug-likeness (QED) is 0.693. The summed E-state index contributed by atoms with van der Waals surface area (Å²) in [6.07, 6.45) is -4.49. The van der Waals surface area contributed by atoms with E-state index in [1.807, 2.05) is 12.1 Å². The molecule has 0 saturated carbocycles. The van der Waals surface area contributed by atoms with Gasteiger partial charge in [-0.1, -0.05) is 30.3 Å². The topological polar surface area (TPSA) is 43.1 Å². The van der Waals surface area contributed by atoms with E-state index >= 15 is 0 Å². The zero-order valence-electron chi connectivity index (χ0n) is 11.1. The van der Waals surface area contributed by atoms with Crippen LogP contribution in [0.1, 0.15) is 21.5 Å². The van der Waals surface area contributed by atoms with Crippen LogP contribution in [0.5, 0.6) is 0 Å². The molecule has 2 nitrogen and oxygen atoms in total. The van der Waals surface area contributed by atoms with Gasteiger partial charge >= 0.3 is 6.18 Å². The lowest BCUT2D eigenvalue weighted by molar-refractivity contribution is -0.137. The normalized spacial score (nSPS) is 11.8. The molecule has 2 aromatic carbocycles. The molecule has 0 amide bonds. The second-order valence-electron chi connectivity index (χ2n) is 4.75. The summed E-state index contributed by atoms with van der Waals surface area (Å²) in [4.78, 5) is 12.6. The maximum Gasteiger partial charge on any atom is 0.416 e. The van der Waals surface area contributed by atoms with Crippen molar-refractivity contribution in [3.63, 3.8) is 0 Å². The Kier molecular flexibility index (Phi) is 3.41. The number of benzene rings is 2. The van der Waals surface area contributed by atoms with Crippen LogP contribution in [0.2, 0.25) is 0 Å². The van der Waals surface area contributed by atoms with E-state index in [1.54, 1.807) is 12.1 Å². The number of ketones is 1. The van der Waals surface area contributed by atoms with Gasteiger partial charge in [0, 0.05) is 15.6 Å². The summed E-state index contributed by atoms with van der Waals surface area (Å²) < 4.78 is 39.1. The standard InChI is InChI=1S/C16H10F3NOS/c17-16(18,19)10-5-3-4-9(8-10)14(21)13-11-6-1-2-7-12(11)22-15(13)20/h1-8H,20H2. The minimum Gasteiger partial charge on any atom is -0.390 e. The predicted molar refractivity (Wildman–Crippen MR) is 81.1 cm³/mol. The first-order chi connectivity index (χ1) is 10.4. The Hall–Kier alpha value is -2.34. The van der Waals surface area contributed by atoms with Gasteiger partial charge in [-0.3, -0.25) is 4.79 Å². The average molecular weight is 321 g/mol. The number of anilines is 1. The zero-order chi connectivity index (χ0) is 15.9. The second-order valence-corrected chi connectivity index (χ2v) is 5.83. The Morgan fingerprint density at radius 3 is 2.50 bits per heavy atom. The van der Waals surface area contributed by atoms with Crippen molar-refractivity contribution in [2.75, 3.05) is 5.73 Å². The van der Waals surface area contributed by atoms with E-state index in [-0.39, 0.29) is 11.1 Å². The molecule has 0 aliphatic rings. The largest absolute Gasteiger partial charge is 0.416 e. The maximum atomic E-state index is 12.8. The lowest BCUT2D eigenvalue weighted by Crippen LogP contribution is -2.08. The Balaban J connectivity index is 2.13. The number of alkyl halides is 3. The molecule has 3 rings (SSSR count). The van der Waals surface area contributed by atoms with Crippen molar-refractivity contribution in [1.29, 1.82) is 0 Å². The molecule has 0 unspecified atom stereocenters. The van der Waals surface area contributed by atoms with Crippen LogP contribution in [-0.4, -0.2) is 5.78 Å². The van der Waals surface area contributed by atoms with Gasteiger partial charge in [0.25, 0.3) is 0 Å². The van der Waals surface area contributed by atoms with Gasteiger partial charge < -0.3 is 5.73 Å². The van der Waals surface area contributed by atoms with Gasteiger partial charge in [-0.15, -0.1) is 11.3 Å². The summed E-state index contributed by atoms with van der Waals surface area (Å²) in [7, 11) is 0. The summed E-state index contributed by atoms with van der Waals surface area (Å²) in [5, 5.41) is 0.969. The molecule has 0 bridgehead atoms. The van der Waals surface area contributed by atoms with Crippen LogP contribution in [0.25, 0.3) is 10.1 Å². The smallest absolute Gasteiger partial charge is 0.390 e. The summed E-state index contributed by atoms with van der Waals surface area (Å²) >= 11 is 1.25. The van der Waals surface area contributed by atoms with E-state index in [9.17, 15) is 18.0 Å². The van der Waals surface area contributed by atoms with Crippen molar-refractivity contribution in [2.24, 2.45) is 0 Å². The Morgan fingerprint density at radius 2 is 1.77 bits per heavy atom. The van der Waals surface area contributed by atoms with Crippen LogP contribution in [0, 0.1) is 0 Å². The van der Waals surface area contributed by atoms with Crippen molar-refractivity contribution >= 4 is 32.2 Å². The summed E-state index contributed by atoms with van der Waals surface area (Å²) in [5.41, 5.74) is 5.28. The monoisotopic (exact) mass is 321 g/mol. The van der Waals surface area contributed by atoms with E-state index < -0.39 is 17.5 Å². The fourth-order valence-corrected chi connectivity index (χ4v) is 3.25. The zero-order valence-corrected chi connectivity index (χ0v) is 12.0. The number of thiophene rings is 1. The third-order valence-corrected chi connectivity index (χ3v) is 4.30. The van der Waals surface area contributed by atoms with Crippen LogP contribution >= 0.6 is 11.3 Å². The van der Waals surface area contributed by atoms with Crippen molar-refractivity contribution in [1.82, 2.24) is 0 Å². The molecule has 1 aromatic heterocycles. The number of hydrogen-bond acceptors (Lipinski definition) is 3. The molecule has 3 aromatic rings. The fraction of sp³-hybridized carbons (Fsp3) is 0.0625. The molecule has 0 spiro atoms. The number of carbonyl (C=O) groups excluding carboxylic acids is 1. The third-order valence-electron chi connectivity index (χ3n) is 3.30.